The van der Waals surface area contributed by atoms with Crippen LogP contribution in [0.5, 0.6) is 0 Å². The molecule has 3 rings (SSSR count). The number of nitrogens with zero attached hydrogens (tertiary/aromatic N) is 3. The number of imidazole rings is 1. The summed E-state index contributed by atoms with van der Waals surface area (Å²) in [5, 5.41) is 0. The van der Waals surface area contributed by atoms with Crippen molar-refractivity contribution in [2.45, 2.75) is 51.2 Å². The number of ether oxygens (including phenoxy) is 1. The predicted molar refractivity (Wildman–Crippen MR) is 118 cm³/mol. The second-order valence-corrected chi connectivity index (χ2v) is 9.68. The number of hydrogen-bond acceptors (Lipinski definition) is 7. The Morgan fingerprint density at radius 2 is 1.88 bits per heavy atom. The van der Waals surface area contributed by atoms with Gasteiger partial charge in [-0.3, -0.25) is 19.1 Å². The van der Waals surface area contributed by atoms with Crippen molar-refractivity contribution in [3.63, 3.8) is 0 Å². The van der Waals surface area contributed by atoms with Crippen molar-refractivity contribution >= 4 is 27.0 Å². The third-order valence-electron chi connectivity index (χ3n) is 5.16. The van der Waals surface area contributed by atoms with Gasteiger partial charge in [0, 0.05) is 13.6 Å². The van der Waals surface area contributed by atoms with Crippen LogP contribution in [-0.2, 0) is 39.6 Å². The quantitative estimate of drug-likeness (QED) is 0.476. The number of carbonyl (C=O) groups excluding carboxylic acids is 1. The summed E-state index contributed by atoms with van der Waals surface area (Å²) in [6, 6.07) is 6.40. The normalized spacial score (nSPS) is 11.7. The van der Waals surface area contributed by atoms with Gasteiger partial charge in [0.25, 0.3) is 5.56 Å². The van der Waals surface area contributed by atoms with Crippen LogP contribution < -0.4 is 11.2 Å². The molecule has 32 heavy (non-hydrogen) atoms. The number of aromatic nitrogens is 4. The van der Waals surface area contributed by atoms with Gasteiger partial charge in [-0.2, -0.15) is 0 Å². The zero-order valence-corrected chi connectivity index (χ0v) is 19.1. The third kappa shape index (κ3) is 4.98. The Morgan fingerprint density at radius 1 is 1.19 bits per heavy atom. The molecule has 0 saturated carbocycles. The van der Waals surface area contributed by atoms with E-state index in [4.69, 9.17) is 4.74 Å². The van der Waals surface area contributed by atoms with Gasteiger partial charge in [0.2, 0.25) is 0 Å². The van der Waals surface area contributed by atoms with E-state index in [1.54, 1.807) is 19.2 Å². The fourth-order valence-electron chi connectivity index (χ4n) is 3.24. The highest BCUT2D eigenvalue weighted by Crippen LogP contribution is 2.14. The van der Waals surface area contributed by atoms with Crippen molar-refractivity contribution < 1.29 is 17.9 Å². The Bertz CT molecular complexity index is 1350. The maximum Gasteiger partial charge on any atom is 0.330 e. The Labute approximate surface area is 184 Å². The van der Waals surface area contributed by atoms with E-state index in [1.807, 2.05) is 13.8 Å². The van der Waals surface area contributed by atoms with Gasteiger partial charge in [-0.1, -0.05) is 31.0 Å². The Kier molecular flexibility index (Phi) is 6.97. The van der Waals surface area contributed by atoms with E-state index >= 15 is 0 Å². The molecule has 1 aromatic carbocycles. The highest BCUT2D eigenvalue weighted by molar-refractivity contribution is 7.91. The molecule has 172 valence electrons. The summed E-state index contributed by atoms with van der Waals surface area (Å²) in [5.74, 6) is -0.811. The number of sulfone groups is 1. The van der Waals surface area contributed by atoms with Gasteiger partial charge in [0.15, 0.2) is 21.0 Å². The average molecular weight is 463 g/mol. The van der Waals surface area contributed by atoms with Crippen LogP contribution in [0, 0.1) is 6.92 Å². The number of aromatic amines is 1. The monoisotopic (exact) mass is 462 g/mol. The highest BCUT2D eigenvalue weighted by atomic mass is 32.2. The van der Waals surface area contributed by atoms with Crippen molar-refractivity contribution in [1.82, 2.24) is 19.1 Å². The number of rotatable bonds is 9. The van der Waals surface area contributed by atoms with Gasteiger partial charge in [-0.25, -0.2) is 18.2 Å². The first-order valence-corrected chi connectivity index (χ1v) is 11.9. The maximum atomic E-state index is 12.4. The summed E-state index contributed by atoms with van der Waals surface area (Å²) in [6.45, 7) is 3.98. The smallest absolute Gasteiger partial charge is 0.330 e. The van der Waals surface area contributed by atoms with E-state index in [-0.39, 0.29) is 40.7 Å². The Hall–Kier alpha value is -3.21. The molecule has 1 N–H and O–H groups in total. The molecule has 0 atom stereocenters. The largest absolute Gasteiger partial charge is 0.457 e. The minimum Gasteiger partial charge on any atom is -0.457 e. The van der Waals surface area contributed by atoms with Crippen LogP contribution in [-0.4, -0.2) is 39.2 Å². The molecule has 3 aromatic rings. The van der Waals surface area contributed by atoms with Gasteiger partial charge in [0.05, 0.1) is 17.1 Å². The summed E-state index contributed by atoms with van der Waals surface area (Å²) < 4.78 is 32.8. The molecular formula is C21H26N4O6S. The van der Waals surface area contributed by atoms with Crippen LogP contribution in [0.3, 0.4) is 0 Å². The van der Waals surface area contributed by atoms with Gasteiger partial charge in [0.1, 0.15) is 12.4 Å². The number of esters is 1. The van der Waals surface area contributed by atoms with Crippen LogP contribution in [0.4, 0.5) is 0 Å². The lowest BCUT2D eigenvalue weighted by molar-refractivity contribution is -0.144. The summed E-state index contributed by atoms with van der Waals surface area (Å²) in [7, 11) is -2.03. The minimum atomic E-state index is -3.61. The van der Waals surface area contributed by atoms with Gasteiger partial charge in [-0.15, -0.1) is 0 Å². The molecule has 0 spiro atoms. The number of carbonyl (C=O) groups is 1. The topological polar surface area (TPSA) is 133 Å². The third-order valence-corrected chi connectivity index (χ3v) is 6.89. The lowest BCUT2D eigenvalue weighted by Crippen LogP contribution is -2.31. The second-order valence-electron chi connectivity index (χ2n) is 7.57. The molecule has 11 heteroatoms. The van der Waals surface area contributed by atoms with Gasteiger partial charge >= 0.3 is 11.7 Å². The molecular weight excluding hydrogens is 436 g/mol. The zero-order chi connectivity index (χ0) is 23.5. The number of H-pyrrole nitrogens is 1. The fraction of sp³-hybridized carbons (Fsp3) is 0.429. The number of unbranched alkanes of at least 4 members (excludes halogenated alkanes) is 1. The maximum absolute atomic E-state index is 12.4. The van der Waals surface area contributed by atoms with Crippen LogP contribution in [0.15, 0.2) is 38.8 Å². The van der Waals surface area contributed by atoms with E-state index in [2.05, 4.69) is 9.97 Å². The SMILES string of the molecule is CCCCn1c(=O)[nH]c(=O)c2c1nc(COC(=O)CCS(=O)(=O)c1ccc(C)cc1)n2C. The number of benzene rings is 1. The number of hydrogen-bond donors (Lipinski definition) is 1. The molecule has 2 heterocycles. The summed E-state index contributed by atoms with van der Waals surface area (Å²) in [5.41, 5.74) is 0.245. The predicted octanol–water partition coefficient (Wildman–Crippen LogP) is 1.44. The molecule has 2 aromatic heterocycles. The van der Waals surface area contributed by atoms with Crippen LogP contribution in [0.25, 0.3) is 11.2 Å². The van der Waals surface area contributed by atoms with Crippen molar-refractivity contribution in [2.24, 2.45) is 7.05 Å². The number of fused-ring (bicyclic) bond motifs is 1. The van der Waals surface area contributed by atoms with Gasteiger partial charge in [-0.05, 0) is 25.5 Å². The van der Waals surface area contributed by atoms with Crippen LogP contribution in [0.1, 0.15) is 37.6 Å². The summed E-state index contributed by atoms with van der Waals surface area (Å²) >= 11 is 0. The van der Waals surface area contributed by atoms with Crippen LogP contribution >= 0.6 is 0 Å². The first-order chi connectivity index (χ1) is 15.1. The van der Waals surface area contributed by atoms with E-state index < -0.39 is 27.1 Å². The minimum absolute atomic E-state index is 0.149. The van der Waals surface area contributed by atoms with E-state index in [9.17, 15) is 22.8 Å². The lowest BCUT2D eigenvalue weighted by atomic mass is 10.2. The Balaban J connectivity index is 1.72. The first kappa shape index (κ1) is 23.5. The Morgan fingerprint density at radius 3 is 2.53 bits per heavy atom. The van der Waals surface area contributed by atoms with E-state index in [0.717, 1.165) is 18.4 Å². The summed E-state index contributed by atoms with van der Waals surface area (Å²) in [6.07, 6.45) is 1.27. The van der Waals surface area contributed by atoms with Crippen molar-refractivity contribution in [3.8, 4) is 0 Å². The lowest BCUT2D eigenvalue weighted by Gasteiger charge is -2.06. The molecule has 0 aliphatic carbocycles. The molecule has 10 nitrogen and oxygen atoms in total. The number of nitrogens with one attached hydrogen (secondary N) is 1. The molecule has 0 bridgehead atoms. The molecule has 0 saturated heterocycles. The molecule has 0 unspecified atom stereocenters. The molecule has 0 aliphatic heterocycles. The second kappa shape index (κ2) is 9.51. The zero-order valence-electron chi connectivity index (χ0n) is 18.3. The fourth-order valence-corrected chi connectivity index (χ4v) is 4.46. The van der Waals surface area contributed by atoms with Crippen molar-refractivity contribution in [2.75, 3.05) is 5.75 Å². The average Bonchev–Trinajstić information content (AvgIpc) is 3.07. The molecule has 0 radical (unpaired) electrons. The highest BCUT2D eigenvalue weighted by Gasteiger charge is 2.19. The first-order valence-electron chi connectivity index (χ1n) is 10.3. The van der Waals surface area contributed by atoms with Crippen molar-refractivity contribution in [1.29, 1.82) is 0 Å². The van der Waals surface area contributed by atoms with Crippen molar-refractivity contribution in [3.05, 3.63) is 56.5 Å². The molecule has 0 amide bonds. The van der Waals surface area contributed by atoms with E-state index in [1.165, 1.54) is 21.3 Å². The van der Waals surface area contributed by atoms with Gasteiger partial charge < -0.3 is 9.30 Å². The standard InChI is InChI=1S/C21H26N4O6S/c1-4-5-11-25-19-18(20(27)23-21(25)28)24(3)16(22-19)13-31-17(26)10-12-32(29,30)15-8-6-14(2)7-9-15/h6-9H,4-5,10-13H2,1-3H3,(H,23,27,28). The molecule has 0 fully saturated rings. The molecule has 0 aliphatic rings. The number of aryl methyl sites for hydroxylation is 3. The van der Waals surface area contributed by atoms with Crippen LogP contribution in [0.2, 0.25) is 0 Å². The van der Waals surface area contributed by atoms with E-state index in [0.29, 0.717) is 6.54 Å². The summed E-state index contributed by atoms with van der Waals surface area (Å²) in [4.78, 5) is 43.4.